The van der Waals surface area contributed by atoms with E-state index >= 15 is 0 Å². The van der Waals surface area contributed by atoms with Crippen molar-refractivity contribution in [3.8, 4) is 0 Å². The van der Waals surface area contributed by atoms with Gasteiger partial charge in [0.2, 0.25) is 0 Å². The molecular weight excluding hydrogens is 236 g/mol. The van der Waals surface area contributed by atoms with E-state index in [4.69, 9.17) is 10.2 Å². The van der Waals surface area contributed by atoms with E-state index < -0.39 is 23.8 Å². The molecule has 3 unspecified atom stereocenters. The van der Waals surface area contributed by atoms with Crippen molar-refractivity contribution in [3.05, 3.63) is 0 Å². The van der Waals surface area contributed by atoms with Crippen LogP contribution in [0, 0.1) is 17.8 Å². The topological polar surface area (TPSA) is 74.6 Å². The van der Waals surface area contributed by atoms with E-state index in [1.54, 1.807) is 0 Å². The van der Waals surface area contributed by atoms with Gasteiger partial charge in [0, 0.05) is 0 Å². The number of carboxylic acid groups (broad SMARTS) is 2. The Balaban J connectivity index is -0.000000750. The maximum absolute atomic E-state index is 11.1. The van der Waals surface area contributed by atoms with Crippen LogP contribution in [0.4, 0.5) is 0 Å². The van der Waals surface area contributed by atoms with Gasteiger partial charge in [0.05, 0.1) is 11.8 Å². The monoisotopic (exact) mass is 256 g/mol. The number of hydrogen-bond acceptors (Lipinski definition) is 2. The van der Waals surface area contributed by atoms with Crippen molar-refractivity contribution in [2.45, 2.75) is 39.0 Å². The van der Waals surface area contributed by atoms with E-state index in [-0.39, 0.29) is 46.5 Å². The minimum Gasteiger partial charge on any atom is -1.00 e. The molecule has 4 nitrogen and oxygen atoms in total. The van der Waals surface area contributed by atoms with E-state index in [0.29, 0.717) is 6.42 Å². The molecule has 0 bridgehead atoms. The third kappa shape index (κ3) is 3.90. The summed E-state index contributed by atoms with van der Waals surface area (Å²) in [6.07, 6.45) is 3.94. The summed E-state index contributed by atoms with van der Waals surface area (Å²) in [6.45, 7) is 2.00. The summed E-state index contributed by atoms with van der Waals surface area (Å²) in [4.78, 5) is 22.0. The number of aliphatic carboxylic acids is 2. The molecule has 0 saturated heterocycles. The van der Waals surface area contributed by atoms with Crippen LogP contribution in [0.1, 0.15) is 41.9 Å². The molecule has 2 N–H and O–H groups in total. The van der Waals surface area contributed by atoms with Gasteiger partial charge in [-0.15, -0.1) is 0 Å². The van der Waals surface area contributed by atoms with Crippen molar-refractivity contribution < 1.29 is 22.7 Å². The fourth-order valence-corrected chi connectivity index (χ4v) is 2.63. The Morgan fingerprint density at radius 1 is 1.25 bits per heavy atom. The Bertz CT molecular complexity index is 261. The molecule has 1 aliphatic carbocycles. The van der Waals surface area contributed by atoms with E-state index in [1.807, 2.05) is 6.92 Å². The Morgan fingerprint density at radius 3 is 2.31 bits per heavy atom. The standard InChI is InChI=1S/C11H18O4.Ca.2H/c1-2-4-7-5-3-6-8(10(12)13)9(7)11(14)15;;;/h7-9H,2-6H2,1H3,(H,12,13)(H,14,15);;;/q;+2;2*-1. The second-order valence-electron chi connectivity index (χ2n) is 4.29. The zero-order valence-electron chi connectivity index (χ0n) is 11.7. The van der Waals surface area contributed by atoms with Crippen molar-refractivity contribution in [2.24, 2.45) is 17.8 Å². The van der Waals surface area contributed by atoms with Crippen molar-refractivity contribution in [1.82, 2.24) is 0 Å². The number of carbonyl (C=O) groups is 2. The molecule has 1 saturated carbocycles. The molecule has 0 aromatic carbocycles. The Hall–Kier alpha value is 0.200. The van der Waals surface area contributed by atoms with Gasteiger partial charge in [0.1, 0.15) is 0 Å². The van der Waals surface area contributed by atoms with E-state index in [0.717, 1.165) is 25.7 Å². The van der Waals surface area contributed by atoms with Crippen molar-refractivity contribution >= 4 is 49.7 Å². The van der Waals surface area contributed by atoms with Gasteiger partial charge in [-0.1, -0.05) is 19.8 Å². The molecule has 1 fully saturated rings. The summed E-state index contributed by atoms with van der Waals surface area (Å²) in [5, 5.41) is 18.1. The largest absolute Gasteiger partial charge is 2.00 e. The molecule has 0 aromatic heterocycles. The Labute approximate surface area is 128 Å². The van der Waals surface area contributed by atoms with Crippen LogP contribution in [0.15, 0.2) is 0 Å². The predicted molar refractivity (Wildman–Crippen MR) is 62.5 cm³/mol. The normalized spacial score (nSPS) is 29.2. The molecule has 0 heterocycles. The second kappa shape index (κ2) is 7.51. The molecular formula is C11H20CaO4. The molecule has 3 atom stereocenters. The first-order valence-corrected chi connectivity index (χ1v) is 5.53. The quantitative estimate of drug-likeness (QED) is 0.753. The average Bonchev–Trinajstić information content (AvgIpc) is 2.17. The van der Waals surface area contributed by atoms with Crippen molar-refractivity contribution in [1.29, 1.82) is 0 Å². The molecule has 16 heavy (non-hydrogen) atoms. The van der Waals surface area contributed by atoms with E-state index in [9.17, 15) is 9.59 Å². The fourth-order valence-electron chi connectivity index (χ4n) is 2.63. The minimum atomic E-state index is -0.955. The first-order valence-electron chi connectivity index (χ1n) is 5.53. The zero-order valence-corrected chi connectivity index (χ0v) is 11.9. The van der Waals surface area contributed by atoms with Gasteiger partial charge < -0.3 is 13.1 Å². The van der Waals surface area contributed by atoms with Crippen molar-refractivity contribution in [3.63, 3.8) is 0 Å². The van der Waals surface area contributed by atoms with E-state index in [2.05, 4.69) is 0 Å². The fraction of sp³-hybridized carbons (Fsp3) is 0.818. The van der Waals surface area contributed by atoms with Gasteiger partial charge in [0.15, 0.2) is 0 Å². The first-order chi connectivity index (χ1) is 7.07. The van der Waals surface area contributed by atoms with Crippen LogP contribution < -0.4 is 0 Å². The number of hydrogen-bond donors (Lipinski definition) is 2. The summed E-state index contributed by atoms with van der Waals surface area (Å²) in [7, 11) is 0. The van der Waals surface area contributed by atoms with Gasteiger partial charge in [-0.3, -0.25) is 9.59 Å². The van der Waals surface area contributed by atoms with Gasteiger partial charge in [0.25, 0.3) is 0 Å². The SMILES string of the molecule is CCCC1CCCC(C(=O)O)C1C(=O)O.[Ca+2].[H-].[H-]. The first kappa shape index (κ1) is 16.2. The molecule has 0 aromatic rings. The van der Waals surface area contributed by atoms with Crippen molar-refractivity contribution in [2.75, 3.05) is 0 Å². The maximum Gasteiger partial charge on any atom is 2.00 e. The van der Waals surface area contributed by atoms with Gasteiger partial charge >= 0.3 is 49.7 Å². The Kier molecular flexibility index (Phi) is 7.60. The van der Waals surface area contributed by atoms with E-state index in [1.165, 1.54) is 0 Å². The average molecular weight is 256 g/mol. The maximum atomic E-state index is 11.1. The summed E-state index contributed by atoms with van der Waals surface area (Å²) >= 11 is 0. The molecule has 5 heteroatoms. The molecule has 90 valence electrons. The number of carboxylic acids is 2. The summed E-state index contributed by atoms with van der Waals surface area (Å²) in [5.74, 6) is -3.23. The van der Waals surface area contributed by atoms with Crippen LogP contribution in [-0.4, -0.2) is 59.9 Å². The number of rotatable bonds is 4. The molecule has 0 spiro atoms. The van der Waals surface area contributed by atoms with Crippen LogP contribution in [0.3, 0.4) is 0 Å². The summed E-state index contributed by atoms with van der Waals surface area (Å²) in [6, 6.07) is 0. The van der Waals surface area contributed by atoms with Gasteiger partial charge in [-0.05, 0) is 25.2 Å². The predicted octanol–water partition coefficient (Wildman–Crippen LogP) is 1.83. The Morgan fingerprint density at radius 2 is 1.88 bits per heavy atom. The van der Waals surface area contributed by atoms with Crippen LogP contribution in [0.25, 0.3) is 0 Å². The third-order valence-corrected chi connectivity index (χ3v) is 3.29. The molecule has 0 aliphatic heterocycles. The smallest absolute Gasteiger partial charge is 1.00 e. The van der Waals surface area contributed by atoms with Gasteiger partial charge in [-0.2, -0.15) is 0 Å². The molecule has 0 radical (unpaired) electrons. The van der Waals surface area contributed by atoms with Crippen LogP contribution in [0.5, 0.6) is 0 Å². The molecule has 1 aliphatic rings. The second-order valence-corrected chi connectivity index (χ2v) is 4.29. The van der Waals surface area contributed by atoms with Crippen LogP contribution in [0.2, 0.25) is 0 Å². The zero-order chi connectivity index (χ0) is 11.4. The third-order valence-electron chi connectivity index (χ3n) is 3.29. The molecule has 1 rings (SSSR count). The van der Waals surface area contributed by atoms with Gasteiger partial charge in [-0.25, -0.2) is 0 Å². The minimum absolute atomic E-state index is 0. The summed E-state index contributed by atoms with van der Waals surface area (Å²) < 4.78 is 0. The molecule has 0 amide bonds. The van der Waals surface area contributed by atoms with Crippen LogP contribution >= 0.6 is 0 Å². The summed E-state index contributed by atoms with van der Waals surface area (Å²) in [5.41, 5.74) is 0. The van der Waals surface area contributed by atoms with Crippen LogP contribution in [-0.2, 0) is 9.59 Å².